The Morgan fingerprint density at radius 1 is 1.35 bits per heavy atom. The van der Waals surface area contributed by atoms with E-state index < -0.39 is 0 Å². The number of hydrogen-bond acceptors (Lipinski definition) is 4. The van der Waals surface area contributed by atoms with Crippen LogP contribution >= 0.6 is 11.3 Å². The Hall–Kier alpha value is -2.15. The fourth-order valence-corrected chi connectivity index (χ4v) is 3.42. The van der Waals surface area contributed by atoms with Gasteiger partial charge in [-0.2, -0.15) is 16.4 Å². The minimum Gasteiger partial charge on any atom is -0.352 e. The smallest absolute Gasteiger partial charge is 0.254 e. The Balaban J connectivity index is 1.44. The minimum absolute atomic E-state index is 0.0881. The summed E-state index contributed by atoms with van der Waals surface area (Å²) in [5, 5.41) is 10.8. The fourth-order valence-electron chi connectivity index (χ4n) is 2.79. The van der Waals surface area contributed by atoms with E-state index in [-0.39, 0.29) is 11.8 Å². The van der Waals surface area contributed by atoms with Crippen molar-refractivity contribution in [3.8, 4) is 0 Å². The van der Waals surface area contributed by atoms with Gasteiger partial charge in [-0.25, -0.2) is 0 Å². The molecule has 0 aromatic carbocycles. The summed E-state index contributed by atoms with van der Waals surface area (Å²) >= 11 is 1.54. The third kappa shape index (κ3) is 3.79. The molecule has 6 nitrogen and oxygen atoms in total. The highest BCUT2D eigenvalue weighted by molar-refractivity contribution is 7.08. The molecule has 0 atom stereocenters. The first-order chi connectivity index (χ1) is 11.1. The van der Waals surface area contributed by atoms with Crippen molar-refractivity contribution < 1.29 is 9.59 Å². The van der Waals surface area contributed by atoms with Crippen LogP contribution in [0, 0.1) is 5.92 Å². The number of thiophene rings is 1. The first kappa shape index (κ1) is 15.7. The summed E-state index contributed by atoms with van der Waals surface area (Å²) in [6.45, 7) is 2.15. The van der Waals surface area contributed by atoms with Gasteiger partial charge >= 0.3 is 0 Å². The molecule has 2 aromatic rings. The number of aromatic nitrogens is 2. The van der Waals surface area contributed by atoms with Crippen molar-refractivity contribution in [3.63, 3.8) is 0 Å². The molecule has 2 aromatic heterocycles. The number of hydrogen-bond donors (Lipinski definition) is 1. The molecule has 0 aliphatic carbocycles. The Morgan fingerprint density at radius 2 is 2.13 bits per heavy atom. The molecule has 3 rings (SSSR count). The Labute approximate surface area is 139 Å². The molecule has 1 fully saturated rings. The highest BCUT2D eigenvalue weighted by Gasteiger charge is 2.24. The van der Waals surface area contributed by atoms with E-state index >= 15 is 0 Å². The van der Waals surface area contributed by atoms with Gasteiger partial charge in [0, 0.05) is 38.3 Å². The lowest BCUT2D eigenvalue weighted by molar-refractivity contribution is 0.0685. The molecule has 0 unspecified atom stereocenters. The van der Waals surface area contributed by atoms with E-state index in [4.69, 9.17) is 0 Å². The lowest BCUT2D eigenvalue weighted by Crippen LogP contribution is -2.41. The standard InChI is InChI=1S/C16H20N4O2S/c1-19-10-14(9-18-19)15(21)17-8-12-2-5-20(6-3-12)16(22)13-4-7-23-11-13/h4,7,9-12H,2-3,5-6,8H2,1H3,(H,17,21). The molecule has 1 saturated heterocycles. The Bertz CT molecular complexity index is 672. The number of nitrogens with one attached hydrogen (secondary N) is 1. The van der Waals surface area contributed by atoms with Crippen molar-refractivity contribution in [1.29, 1.82) is 0 Å². The quantitative estimate of drug-likeness (QED) is 0.928. The largest absolute Gasteiger partial charge is 0.352 e. The highest BCUT2D eigenvalue weighted by Crippen LogP contribution is 2.19. The third-order valence-corrected chi connectivity index (χ3v) is 4.87. The second-order valence-electron chi connectivity index (χ2n) is 5.86. The highest BCUT2D eigenvalue weighted by atomic mass is 32.1. The van der Waals surface area contributed by atoms with Crippen molar-refractivity contribution in [2.45, 2.75) is 12.8 Å². The zero-order valence-electron chi connectivity index (χ0n) is 13.1. The van der Waals surface area contributed by atoms with Gasteiger partial charge in [-0.05, 0) is 30.2 Å². The summed E-state index contributed by atoms with van der Waals surface area (Å²) in [4.78, 5) is 26.2. The van der Waals surface area contributed by atoms with Crippen LogP contribution in [0.1, 0.15) is 33.6 Å². The average Bonchev–Trinajstić information content (AvgIpc) is 3.24. The van der Waals surface area contributed by atoms with Crippen molar-refractivity contribution in [3.05, 3.63) is 40.3 Å². The molecular formula is C16H20N4O2S. The van der Waals surface area contributed by atoms with Crippen LogP contribution in [0.4, 0.5) is 0 Å². The van der Waals surface area contributed by atoms with E-state index in [1.807, 2.05) is 21.7 Å². The number of rotatable bonds is 4. The summed E-state index contributed by atoms with van der Waals surface area (Å²) < 4.78 is 1.61. The van der Waals surface area contributed by atoms with Gasteiger partial charge in [0.15, 0.2) is 0 Å². The molecule has 0 spiro atoms. The first-order valence-corrected chi connectivity index (χ1v) is 8.66. The van der Waals surface area contributed by atoms with Gasteiger partial charge in [0.05, 0.1) is 17.3 Å². The lowest BCUT2D eigenvalue weighted by Gasteiger charge is -2.32. The normalized spacial score (nSPS) is 15.6. The van der Waals surface area contributed by atoms with Crippen LogP contribution < -0.4 is 5.32 Å². The van der Waals surface area contributed by atoms with E-state index in [9.17, 15) is 9.59 Å². The second kappa shape index (κ2) is 6.95. The summed E-state index contributed by atoms with van der Waals surface area (Å²) in [7, 11) is 1.79. The second-order valence-corrected chi connectivity index (χ2v) is 6.64. The van der Waals surface area contributed by atoms with Gasteiger partial charge in [-0.3, -0.25) is 14.3 Å². The topological polar surface area (TPSA) is 67.2 Å². The summed E-state index contributed by atoms with van der Waals surface area (Å²) in [6, 6.07) is 1.87. The summed E-state index contributed by atoms with van der Waals surface area (Å²) in [5.41, 5.74) is 1.36. The number of likely N-dealkylation sites (tertiary alicyclic amines) is 1. The molecule has 1 aliphatic rings. The third-order valence-electron chi connectivity index (χ3n) is 4.19. The maximum absolute atomic E-state index is 12.3. The van der Waals surface area contributed by atoms with Gasteiger partial charge in [0.2, 0.25) is 0 Å². The van der Waals surface area contributed by atoms with Crippen molar-refractivity contribution in [2.24, 2.45) is 13.0 Å². The number of piperidine rings is 1. The number of nitrogens with zero attached hydrogens (tertiary/aromatic N) is 3. The zero-order valence-corrected chi connectivity index (χ0v) is 13.9. The maximum Gasteiger partial charge on any atom is 0.254 e. The van der Waals surface area contributed by atoms with E-state index in [2.05, 4.69) is 10.4 Å². The molecule has 0 bridgehead atoms. The monoisotopic (exact) mass is 332 g/mol. The Morgan fingerprint density at radius 3 is 2.74 bits per heavy atom. The number of carbonyl (C=O) groups excluding carboxylic acids is 2. The van der Waals surface area contributed by atoms with Crippen LogP contribution in [0.3, 0.4) is 0 Å². The van der Waals surface area contributed by atoms with Crippen molar-refractivity contribution in [2.75, 3.05) is 19.6 Å². The van der Waals surface area contributed by atoms with Crippen molar-refractivity contribution in [1.82, 2.24) is 20.0 Å². The predicted octanol–water partition coefficient (Wildman–Crippen LogP) is 1.76. The molecule has 122 valence electrons. The minimum atomic E-state index is -0.0881. The van der Waals surface area contributed by atoms with Crippen LogP contribution in [0.15, 0.2) is 29.2 Å². The SMILES string of the molecule is Cn1cc(C(=O)NCC2CCN(C(=O)c3ccsc3)CC2)cn1. The molecule has 3 heterocycles. The van der Waals surface area contributed by atoms with Crippen LogP contribution in [0.2, 0.25) is 0 Å². The summed E-state index contributed by atoms with van der Waals surface area (Å²) in [5.74, 6) is 0.445. The van der Waals surface area contributed by atoms with Gasteiger partial charge in [-0.15, -0.1) is 0 Å². The molecule has 1 N–H and O–H groups in total. The average molecular weight is 332 g/mol. The predicted molar refractivity (Wildman–Crippen MR) is 88.5 cm³/mol. The maximum atomic E-state index is 12.3. The van der Waals surface area contributed by atoms with Gasteiger partial charge in [0.25, 0.3) is 11.8 Å². The number of aryl methyl sites for hydroxylation is 1. The molecule has 0 saturated carbocycles. The number of amides is 2. The molecule has 23 heavy (non-hydrogen) atoms. The number of carbonyl (C=O) groups is 2. The van der Waals surface area contributed by atoms with Crippen LogP contribution in [0.5, 0.6) is 0 Å². The van der Waals surface area contributed by atoms with Gasteiger partial charge in [-0.1, -0.05) is 0 Å². The van der Waals surface area contributed by atoms with E-state index in [1.54, 1.807) is 35.5 Å². The van der Waals surface area contributed by atoms with Crippen LogP contribution in [-0.4, -0.2) is 46.1 Å². The molecular weight excluding hydrogens is 312 g/mol. The summed E-state index contributed by atoms with van der Waals surface area (Å²) in [6.07, 6.45) is 5.11. The molecule has 1 aliphatic heterocycles. The molecule has 7 heteroatoms. The van der Waals surface area contributed by atoms with Crippen LogP contribution in [0.25, 0.3) is 0 Å². The van der Waals surface area contributed by atoms with Crippen LogP contribution in [-0.2, 0) is 7.05 Å². The fraction of sp³-hybridized carbons (Fsp3) is 0.438. The Kier molecular flexibility index (Phi) is 4.76. The molecule has 0 radical (unpaired) electrons. The van der Waals surface area contributed by atoms with Crippen molar-refractivity contribution >= 4 is 23.2 Å². The van der Waals surface area contributed by atoms with E-state index in [0.717, 1.165) is 31.5 Å². The molecule has 2 amide bonds. The first-order valence-electron chi connectivity index (χ1n) is 7.72. The zero-order chi connectivity index (χ0) is 16.2. The van der Waals surface area contributed by atoms with E-state index in [1.165, 1.54) is 0 Å². The lowest BCUT2D eigenvalue weighted by atomic mass is 9.96. The van der Waals surface area contributed by atoms with E-state index in [0.29, 0.717) is 18.0 Å². The van der Waals surface area contributed by atoms with Gasteiger partial charge in [0.1, 0.15) is 0 Å². The van der Waals surface area contributed by atoms with Gasteiger partial charge < -0.3 is 10.2 Å².